The molecule has 0 aromatic carbocycles. The second-order valence-corrected chi connectivity index (χ2v) is 4.11. The third kappa shape index (κ3) is 2.37. The quantitative estimate of drug-likeness (QED) is 0.850. The van der Waals surface area contributed by atoms with E-state index in [1.54, 1.807) is 12.4 Å². The summed E-state index contributed by atoms with van der Waals surface area (Å²) in [6.07, 6.45) is 3.51. The van der Waals surface area contributed by atoms with Gasteiger partial charge in [0.25, 0.3) is 0 Å². The topological polar surface area (TPSA) is 56.9 Å². The Morgan fingerprint density at radius 1 is 1.53 bits per heavy atom. The standard InChI is InChI=1S/C12H15N5/c1-16(2)7-6-15-17-9-10(8-13)11-4-3-5-14-12(11)17/h3-5,9,15H,6-7H2,1-2H3. The zero-order chi connectivity index (χ0) is 12.3. The van der Waals surface area contributed by atoms with Gasteiger partial charge in [0.2, 0.25) is 0 Å². The molecule has 0 aliphatic rings. The molecule has 0 unspecified atom stereocenters. The van der Waals surface area contributed by atoms with Gasteiger partial charge >= 0.3 is 0 Å². The third-order valence-electron chi connectivity index (χ3n) is 2.52. The molecule has 0 amide bonds. The monoisotopic (exact) mass is 229 g/mol. The maximum absolute atomic E-state index is 9.04. The van der Waals surface area contributed by atoms with Gasteiger partial charge in [-0.1, -0.05) is 0 Å². The van der Waals surface area contributed by atoms with Crippen LogP contribution in [0.15, 0.2) is 24.5 Å². The minimum atomic E-state index is 0.644. The normalized spacial score (nSPS) is 10.7. The van der Waals surface area contributed by atoms with Crippen LogP contribution in [0.5, 0.6) is 0 Å². The Morgan fingerprint density at radius 3 is 3.06 bits per heavy atom. The minimum absolute atomic E-state index is 0.644. The van der Waals surface area contributed by atoms with Crippen molar-refractivity contribution in [1.29, 1.82) is 5.26 Å². The van der Waals surface area contributed by atoms with Crippen molar-refractivity contribution >= 4 is 11.0 Å². The van der Waals surface area contributed by atoms with Crippen LogP contribution in [0.2, 0.25) is 0 Å². The van der Waals surface area contributed by atoms with Gasteiger partial charge in [-0.2, -0.15) is 5.26 Å². The van der Waals surface area contributed by atoms with Crippen LogP contribution in [0.3, 0.4) is 0 Å². The van der Waals surface area contributed by atoms with Gasteiger partial charge in [-0.15, -0.1) is 0 Å². The van der Waals surface area contributed by atoms with Crippen molar-refractivity contribution in [2.24, 2.45) is 0 Å². The van der Waals surface area contributed by atoms with Crippen LogP contribution in [0, 0.1) is 11.3 Å². The number of pyridine rings is 1. The van der Waals surface area contributed by atoms with Gasteiger partial charge in [0, 0.05) is 30.9 Å². The number of hydrogen-bond acceptors (Lipinski definition) is 4. The number of fused-ring (bicyclic) bond motifs is 1. The van der Waals surface area contributed by atoms with E-state index in [0.717, 1.165) is 24.1 Å². The van der Waals surface area contributed by atoms with Gasteiger partial charge in [0.15, 0.2) is 5.65 Å². The maximum Gasteiger partial charge on any atom is 0.159 e. The van der Waals surface area contributed by atoms with E-state index in [1.165, 1.54) is 0 Å². The summed E-state index contributed by atoms with van der Waals surface area (Å²) >= 11 is 0. The highest BCUT2D eigenvalue weighted by Gasteiger charge is 2.07. The summed E-state index contributed by atoms with van der Waals surface area (Å²) in [6, 6.07) is 5.93. The van der Waals surface area contributed by atoms with Crippen molar-refractivity contribution in [2.45, 2.75) is 0 Å². The summed E-state index contributed by atoms with van der Waals surface area (Å²) in [7, 11) is 4.04. The molecule has 5 heteroatoms. The molecule has 0 saturated carbocycles. The Balaban J connectivity index is 2.26. The minimum Gasteiger partial charge on any atom is -0.323 e. The largest absolute Gasteiger partial charge is 0.323 e. The van der Waals surface area contributed by atoms with E-state index in [0.29, 0.717) is 5.56 Å². The Labute approximate surface area is 100 Å². The van der Waals surface area contributed by atoms with Gasteiger partial charge in [-0.3, -0.25) is 0 Å². The summed E-state index contributed by atoms with van der Waals surface area (Å²) in [5.74, 6) is 0. The Bertz CT molecular complexity index is 550. The summed E-state index contributed by atoms with van der Waals surface area (Å²) in [4.78, 5) is 6.38. The second-order valence-electron chi connectivity index (χ2n) is 4.11. The predicted octanol–water partition coefficient (Wildman–Crippen LogP) is 1.01. The lowest BCUT2D eigenvalue weighted by molar-refractivity contribution is 0.420. The van der Waals surface area contributed by atoms with E-state index in [4.69, 9.17) is 5.26 Å². The molecule has 0 saturated heterocycles. The zero-order valence-corrected chi connectivity index (χ0v) is 10.0. The average molecular weight is 229 g/mol. The van der Waals surface area contributed by atoms with Crippen LogP contribution in [0.25, 0.3) is 11.0 Å². The van der Waals surface area contributed by atoms with Crippen LogP contribution >= 0.6 is 0 Å². The van der Waals surface area contributed by atoms with E-state index in [9.17, 15) is 0 Å². The van der Waals surface area contributed by atoms with E-state index >= 15 is 0 Å². The van der Waals surface area contributed by atoms with E-state index < -0.39 is 0 Å². The first-order valence-electron chi connectivity index (χ1n) is 5.47. The van der Waals surface area contributed by atoms with Gasteiger partial charge in [-0.25, -0.2) is 9.66 Å². The Hall–Kier alpha value is -2.06. The fourth-order valence-electron chi connectivity index (χ4n) is 1.66. The van der Waals surface area contributed by atoms with Crippen molar-refractivity contribution in [2.75, 3.05) is 32.6 Å². The fourth-order valence-corrected chi connectivity index (χ4v) is 1.66. The first-order valence-corrected chi connectivity index (χ1v) is 5.47. The summed E-state index contributed by atoms with van der Waals surface area (Å²) in [5.41, 5.74) is 4.67. The number of rotatable bonds is 4. The number of nitrogens with zero attached hydrogens (tertiary/aromatic N) is 4. The van der Waals surface area contributed by atoms with E-state index in [2.05, 4.69) is 21.4 Å². The molecule has 0 atom stereocenters. The lowest BCUT2D eigenvalue weighted by atomic mass is 10.2. The molecule has 2 rings (SSSR count). The van der Waals surface area contributed by atoms with Gasteiger partial charge in [0.1, 0.15) is 6.07 Å². The van der Waals surface area contributed by atoms with E-state index in [1.807, 2.05) is 30.9 Å². The first-order chi connectivity index (χ1) is 8.22. The van der Waals surface area contributed by atoms with Crippen molar-refractivity contribution in [3.8, 4) is 6.07 Å². The SMILES string of the molecule is CN(C)CCNn1cc(C#N)c2cccnc21. The fraction of sp³-hybridized carbons (Fsp3) is 0.333. The third-order valence-corrected chi connectivity index (χ3v) is 2.52. The highest BCUT2D eigenvalue weighted by atomic mass is 15.4. The lowest BCUT2D eigenvalue weighted by Gasteiger charge is -2.12. The average Bonchev–Trinajstić information content (AvgIpc) is 2.68. The summed E-state index contributed by atoms with van der Waals surface area (Å²) in [6.45, 7) is 1.73. The number of hydrogen-bond donors (Lipinski definition) is 1. The maximum atomic E-state index is 9.04. The number of aromatic nitrogens is 2. The second kappa shape index (κ2) is 4.85. The number of likely N-dealkylation sites (N-methyl/N-ethyl adjacent to an activating group) is 1. The van der Waals surface area contributed by atoms with Gasteiger partial charge in [0.05, 0.1) is 5.56 Å². The number of nitrogens with one attached hydrogen (secondary N) is 1. The Kier molecular flexibility index (Phi) is 3.26. The highest BCUT2D eigenvalue weighted by molar-refractivity contribution is 5.83. The summed E-state index contributed by atoms with van der Waals surface area (Å²) in [5, 5.41) is 9.92. The molecule has 0 spiro atoms. The lowest BCUT2D eigenvalue weighted by Crippen LogP contribution is -2.25. The molecule has 0 aliphatic carbocycles. The predicted molar refractivity (Wildman–Crippen MR) is 67.2 cm³/mol. The van der Waals surface area contributed by atoms with E-state index in [-0.39, 0.29) is 0 Å². The molecule has 2 aromatic heterocycles. The molecule has 88 valence electrons. The van der Waals surface area contributed by atoms with Crippen LogP contribution in [-0.4, -0.2) is 41.7 Å². The molecule has 2 aromatic rings. The molecule has 5 nitrogen and oxygen atoms in total. The zero-order valence-electron chi connectivity index (χ0n) is 10.0. The first kappa shape index (κ1) is 11.4. The molecule has 0 fully saturated rings. The van der Waals surface area contributed by atoms with Crippen LogP contribution in [0.1, 0.15) is 5.56 Å². The number of nitriles is 1. The molecule has 0 bridgehead atoms. The summed E-state index contributed by atoms with van der Waals surface area (Å²) < 4.78 is 1.82. The van der Waals surface area contributed by atoms with Crippen molar-refractivity contribution < 1.29 is 0 Å². The van der Waals surface area contributed by atoms with Crippen molar-refractivity contribution in [3.63, 3.8) is 0 Å². The van der Waals surface area contributed by atoms with Crippen LogP contribution in [0.4, 0.5) is 0 Å². The van der Waals surface area contributed by atoms with Crippen molar-refractivity contribution in [1.82, 2.24) is 14.6 Å². The molecule has 1 N–H and O–H groups in total. The van der Waals surface area contributed by atoms with Crippen LogP contribution < -0.4 is 5.43 Å². The van der Waals surface area contributed by atoms with Gasteiger partial charge in [-0.05, 0) is 26.2 Å². The Morgan fingerprint density at radius 2 is 2.35 bits per heavy atom. The highest BCUT2D eigenvalue weighted by Crippen LogP contribution is 2.16. The van der Waals surface area contributed by atoms with Gasteiger partial charge < -0.3 is 10.3 Å². The molecule has 2 heterocycles. The van der Waals surface area contributed by atoms with Crippen molar-refractivity contribution in [3.05, 3.63) is 30.1 Å². The molecule has 0 radical (unpaired) electrons. The molecular weight excluding hydrogens is 214 g/mol. The van der Waals surface area contributed by atoms with Crippen LogP contribution in [-0.2, 0) is 0 Å². The molecular formula is C12H15N5. The smallest absolute Gasteiger partial charge is 0.159 e. The molecule has 0 aliphatic heterocycles. The molecule has 17 heavy (non-hydrogen) atoms.